The minimum absolute atomic E-state index is 0.0136. The Hall–Kier alpha value is -2.37. The molecule has 2 aromatic rings. The van der Waals surface area contributed by atoms with Gasteiger partial charge in [0.2, 0.25) is 0 Å². The second-order valence-corrected chi connectivity index (χ2v) is 4.69. The van der Waals surface area contributed by atoms with E-state index in [1.807, 2.05) is 24.6 Å². The number of amides is 1. The lowest BCUT2D eigenvalue weighted by atomic mass is 10.2. The van der Waals surface area contributed by atoms with Crippen molar-refractivity contribution in [2.45, 2.75) is 26.8 Å². The molecule has 2 heterocycles. The van der Waals surface area contributed by atoms with E-state index in [0.717, 1.165) is 24.4 Å². The number of rotatable bonds is 5. The van der Waals surface area contributed by atoms with Crippen molar-refractivity contribution in [1.82, 2.24) is 20.1 Å². The molecule has 2 N–H and O–H groups in total. The number of aromatic hydroxyl groups is 1. The molecule has 6 nitrogen and oxygen atoms in total. The quantitative estimate of drug-likeness (QED) is 0.808. The van der Waals surface area contributed by atoms with Crippen molar-refractivity contribution in [3.05, 3.63) is 41.5 Å². The molecular formula is C14H18N4O2. The number of nitrogens with one attached hydrogen (secondary N) is 1. The first-order valence-electron chi connectivity index (χ1n) is 6.49. The van der Waals surface area contributed by atoms with E-state index in [9.17, 15) is 9.90 Å². The molecule has 0 aromatic carbocycles. The van der Waals surface area contributed by atoms with Gasteiger partial charge in [-0.1, -0.05) is 0 Å². The lowest BCUT2D eigenvalue weighted by Crippen LogP contribution is -2.25. The normalized spacial score (nSPS) is 10.5. The van der Waals surface area contributed by atoms with Crippen LogP contribution in [0.3, 0.4) is 0 Å². The SMILES string of the molecule is Cc1cc(C)n(CCCNC(=O)c2cncc(O)c2)n1. The zero-order valence-electron chi connectivity index (χ0n) is 11.6. The van der Waals surface area contributed by atoms with Gasteiger partial charge >= 0.3 is 0 Å². The molecule has 0 saturated carbocycles. The molecule has 0 aliphatic carbocycles. The molecule has 0 spiro atoms. The third-order valence-corrected chi connectivity index (χ3v) is 2.92. The predicted molar refractivity (Wildman–Crippen MR) is 74.6 cm³/mol. The van der Waals surface area contributed by atoms with Gasteiger partial charge in [0.25, 0.3) is 5.91 Å². The summed E-state index contributed by atoms with van der Waals surface area (Å²) < 4.78 is 1.93. The monoisotopic (exact) mass is 274 g/mol. The van der Waals surface area contributed by atoms with Crippen molar-refractivity contribution in [3.63, 3.8) is 0 Å². The summed E-state index contributed by atoms with van der Waals surface area (Å²) in [6, 6.07) is 3.42. The van der Waals surface area contributed by atoms with Crippen LogP contribution in [0.2, 0.25) is 0 Å². The van der Waals surface area contributed by atoms with Crippen LogP contribution in [0, 0.1) is 13.8 Å². The summed E-state index contributed by atoms with van der Waals surface area (Å²) in [4.78, 5) is 15.6. The third-order valence-electron chi connectivity index (χ3n) is 2.92. The Kier molecular flexibility index (Phi) is 4.34. The zero-order chi connectivity index (χ0) is 14.5. The summed E-state index contributed by atoms with van der Waals surface area (Å²) in [7, 11) is 0. The first kappa shape index (κ1) is 14.0. The van der Waals surface area contributed by atoms with Crippen LogP contribution in [0.15, 0.2) is 24.5 Å². The van der Waals surface area contributed by atoms with Crippen molar-refractivity contribution < 1.29 is 9.90 Å². The van der Waals surface area contributed by atoms with Gasteiger partial charge < -0.3 is 10.4 Å². The van der Waals surface area contributed by atoms with Crippen molar-refractivity contribution in [1.29, 1.82) is 0 Å². The standard InChI is InChI=1S/C14H18N4O2/c1-10-6-11(2)18(17-10)5-3-4-16-14(20)12-7-13(19)9-15-8-12/h6-9,19H,3-5H2,1-2H3,(H,16,20). The maximum absolute atomic E-state index is 11.8. The molecule has 0 aliphatic rings. The number of hydrogen-bond donors (Lipinski definition) is 2. The van der Waals surface area contributed by atoms with Crippen molar-refractivity contribution in [3.8, 4) is 5.75 Å². The molecule has 0 radical (unpaired) electrons. The van der Waals surface area contributed by atoms with Crippen molar-refractivity contribution in [2.75, 3.05) is 6.54 Å². The number of aromatic nitrogens is 3. The molecule has 0 atom stereocenters. The second kappa shape index (κ2) is 6.18. The van der Waals surface area contributed by atoms with Gasteiger partial charge in [-0.25, -0.2) is 0 Å². The number of hydrogen-bond acceptors (Lipinski definition) is 4. The zero-order valence-corrected chi connectivity index (χ0v) is 11.6. The van der Waals surface area contributed by atoms with Crippen LogP contribution in [0.1, 0.15) is 28.2 Å². The summed E-state index contributed by atoms with van der Waals surface area (Å²) >= 11 is 0. The van der Waals surface area contributed by atoms with Crippen LogP contribution in [0.4, 0.5) is 0 Å². The highest BCUT2D eigenvalue weighted by atomic mass is 16.3. The highest BCUT2D eigenvalue weighted by Crippen LogP contribution is 2.08. The van der Waals surface area contributed by atoms with E-state index in [1.54, 1.807) is 0 Å². The fourth-order valence-electron chi connectivity index (χ4n) is 1.99. The molecule has 6 heteroatoms. The van der Waals surface area contributed by atoms with Crippen LogP contribution in [-0.2, 0) is 6.54 Å². The van der Waals surface area contributed by atoms with Gasteiger partial charge in [-0.15, -0.1) is 0 Å². The van der Waals surface area contributed by atoms with E-state index < -0.39 is 0 Å². The molecule has 0 aliphatic heterocycles. The minimum atomic E-state index is -0.234. The summed E-state index contributed by atoms with van der Waals surface area (Å²) in [5, 5.41) is 16.4. The average Bonchev–Trinajstić information content (AvgIpc) is 2.73. The van der Waals surface area contributed by atoms with Crippen LogP contribution < -0.4 is 5.32 Å². The van der Waals surface area contributed by atoms with E-state index in [2.05, 4.69) is 15.4 Å². The average molecular weight is 274 g/mol. The minimum Gasteiger partial charge on any atom is -0.506 e. The van der Waals surface area contributed by atoms with Gasteiger partial charge in [0, 0.05) is 25.0 Å². The topological polar surface area (TPSA) is 80.0 Å². The van der Waals surface area contributed by atoms with Gasteiger partial charge in [0.1, 0.15) is 5.75 Å². The lowest BCUT2D eigenvalue weighted by molar-refractivity contribution is 0.0952. The summed E-state index contributed by atoms with van der Waals surface area (Å²) in [6.45, 7) is 5.28. The van der Waals surface area contributed by atoms with E-state index in [-0.39, 0.29) is 11.7 Å². The molecule has 1 amide bonds. The Morgan fingerprint density at radius 3 is 2.80 bits per heavy atom. The highest BCUT2D eigenvalue weighted by molar-refractivity contribution is 5.94. The Morgan fingerprint density at radius 1 is 1.35 bits per heavy atom. The van der Waals surface area contributed by atoms with Gasteiger partial charge in [-0.05, 0) is 32.4 Å². The van der Waals surface area contributed by atoms with Gasteiger partial charge in [-0.3, -0.25) is 14.5 Å². The maximum atomic E-state index is 11.8. The first-order chi connectivity index (χ1) is 9.56. The Labute approximate surface area is 117 Å². The Morgan fingerprint density at radius 2 is 2.15 bits per heavy atom. The number of nitrogens with zero attached hydrogens (tertiary/aromatic N) is 3. The summed E-state index contributed by atoms with van der Waals surface area (Å²) in [5.41, 5.74) is 2.47. The molecule has 0 fully saturated rings. The Balaban J connectivity index is 1.79. The molecule has 0 unspecified atom stereocenters. The highest BCUT2D eigenvalue weighted by Gasteiger charge is 2.06. The predicted octanol–water partition coefficient (Wildman–Crippen LogP) is 1.42. The summed E-state index contributed by atoms with van der Waals surface area (Å²) in [5.74, 6) is -0.248. The molecule has 0 bridgehead atoms. The number of carbonyl (C=O) groups is 1. The van der Waals surface area contributed by atoms with Gasteiger partial charge in [-0.2, -0.15) is 5.10 Å². The fraction of sp³-hybridized carbons (Fsp3) is 0.357. The molecular weight excluding hydrogens is 256 g/mol. The smallest absolute Gasteiger partial charge is 0.252 e. The lowest BCUT2D eigenvalue weighted by Gasteiger charge is -2.06. The van der Waals surface area contributed by atoms with Gasteiger partial charge in [0.15, 0.2) is 0 Å². The number of aryl methyl sites for hydroxylation is 3. The molecule has 20 heavy (non-hydrogen) atoms. The fourth-order valence-corrected chi connectivity index (χ4v) is 1.99. The van der Waals surface area contributed by atoms with Crippen molar-refractivity contribution in [2.24, 2.45) is 0 Å². The first-order valence-corrected chi connectivity index (χ1v) is 6.49. The van der Waals surface area contributed by atoms with Gasteiger partial charge in [0.05, 0.1) is 17.5 Å². The molecule has 106 valence electrons. The maximum Gasteiger partial charge on any atom is 0.252 e. The third kappa shape index (κ3) is 3.57. The van der Waals surface area contributed by atoms with E-state index >= 15 is 0 Å². The molecule has 0 saturated heterocycles. The van der Waals surface area contributed by atoms with Crippen LogP contribution >= 0.6 is 0 Å². The molecule has 2 aromatic heterocycles. The van der Waals surface area contributed by atoms with Crippen molar-refractivity contribution >= 4 is 5.91 Å². The van der Waals surface area contributed by atoms with Crippen LogP contribution in [0.5, 0.6) is 5.75 Å². The van der Waals surface area contributed by atoms with E-state index in [4.69, 9.17) is 0 Å². The largest absolute Gasteiger partial charge is 0.506 e. The van der Waals surface area contributed by atoms with Crippen LogP contribution in [0.25, 0.3) is 0 Å². The number of pyridine rings is 1. The summed E-state index contributed by atoms with van der Waals surface area (Å²) in [6.07, 6.45) is 3.51. The van der Waals surface area contributed by atoms with Crippen LogP contribution in [-0.4, -0.2) is 32.3 Å². The van der Waals surface area contributed by atoms with E-state index in [0.29, 0.717) is 12.1 Å². The molecule has 2 rings (SSSR count). The van der Waals surface area contributed by atoms with E-state index in [1.165, 1.54) is 18.5 Å². The second-order valence-electron chi connectivity index (χ2n) is 4.69. The Bertz CT molecular complexity index is 607. The number of carbonyl (C=O) groups excluding carboxylic acids is 1.